The minimum Gasteiger partial charge on any atom is -0.304 e. The second kappa shape index (κ2) is 4.57. The molecule has 1 heterocycles. The Morgan fingerprint density at radius 2 is 2.12 bits per heavy atom. The Kier molecular flexibility index (Phi) is 3.14. The van der Waals surface area contributed by atoms with E-state index in [0.717, 1.165) is 12.0 Å². The molecule has 84 valence electrons. The van der Waals surface area contributed by atoms with E-state index in [-0.39, 0.29) is 11.9 Å². The highest BCUT2D eigenvalue weighted by Crippen LogP contribution is 2.14. The van der Waals surface area contributed by atoms with Gasteiger partial charge in [-0.2, -0.15) is 5.10 Å². The van der Waals surface area contributed by atoms with E-state index in [1.165, 1.54) is 12.1 Å². The predicted octanol–water partition coefficient (Wildman–Crippen LogP) is 2.88. The van der Waals surface area contributed by atoms with E-state index in [1.807, 2.05) is 4.57 Å². The second-order valence-corrected chi connectivity index (χ2v) is 4.14. The molecule has 5 heteroatoms. The molecule has 1 aromatic carbocycles. The SMILES string of the molecule is CC(Cc1ccc(F)cc1)n1cn[nH]c1=S. The van der Waals surface area contributed by atoms with Crippen LogP contribution >= 0.6 is 12.2 Å². The van der Waals surface area contributed by atoms with Gasteiger partial charge >= 0.3 is 0 Å². The fraction of sp³-hybridized carbons (Fsp3) is 0.273. The molecular weight excluding hydrogens is 225 g/mol. The number of halogens is 1. The van der Waals surface area contributed by atoms with Gasteiger partial charge in [0.15, 0.2) is 4.77 Å². The summed E-state index contributed by atoms with van der Waals surface area (Å²) in [5, 5.41) is 6.58. The van der Waals surface area contributed by atoms with Gasteiger partial charge in [-0.05, 0) is 43.3 Å². The van der Waals surface area contributed by atoms with Gasteiger partial charge in [0.2, 0.25) is 0 Å². The van der Waals surface area contributed by atoms with E-state index in [9.17, 15) is 4.39 Å². The monoisotopic (exact) mass is 237 g/mol. The zero-order valence-corrected chi connectivity index (χ0v) is 9.67. The first kappa shape index (κ1) is 11.0. The number of H-pyrrole nitrogens is 1. The zero-order chi connectivity index (χ0) is 11.5. The number of nitrogens with zero attached hydrogens (tertiary/aromatic N) is 2. The number of aromatic nitrogens is 3. The molecule has 0 aliphatic carbocycles. The number of aromatic amines is 1. The number of hydrogen-bond acceptors (Lipinski definition) is 2. The average Bonchev–Trinajstić information content (AvgIpc) is 2.68. The molecule has 1 aromatic heterocycles. The normalized spacial score (nSPS) is 12.6. The Bertz CT molecular complexity index is 515. The van der Waals surface area contributed by atoms with Gasteiger partial charge in [-0.1, -0.05) is 12.1 Å². The third kappa shape index (κ3) is 2.36. The molecular formula is C11H12FN3S. The van der Waals surface area contributed by atoms with Crippen LogP contribution < -0.4 is 0 Å². The molecule has 16 heavy (non-hydrogen) atoms. The van der Waals surface area contributed by atoms with Crippen molar-refractivity contribution in [2.75, 3.05) is 0 Å². The van der Waals surface area contributed by atoms with Crippen LogP contribution in [-0.2, 0) is 6.42 Å². The third-order valence-electron chi connectivity index (χ3n) is 2.50. The molecule has 2 aromatic rings. The van der Waals surface area contributed by atoms with Crippen LogP contribution in [0, 0.1) is 10.6 Å². The molecule has 2 rings (SSSR count). The summed E-state index contributed by atoms with van der Waals surface area (Å²) in [6.45, 7) is 2.05. The van der Waals surface area contributed by atoms with Gasteiger partial charge < -0.3 is 4.57 Å². The van der Waals surface area contributed by atoms with E-state index in [1.54, 1.807) is 18.5 Å². The lowest BCUT2D eigenvalue weighted by atomic mass is 10.1. The van der Waals surface area contributed by atoms with E-state index >= 15 is 0 Å². The summed E-state index contributed by atoms with van der Waals surface area (Å²) >= 11 is 5.08. The van der Waals surface area contributed by atoms with E-state index in [2.05, 4.69) is 17.1 Å². The van der Waals surface area contributed by atoms with Gasteiger partial charge in [0.25, 0.3) is 0 Å². The summed E-state index contributed by atoms with van der Waals surface area (Å²) in [6.07, 6.45) is 2.48. The molecule has 0 aliphatic rings. The number of rotatable bonds is 3. The van der Waals surface area contributed by atoms with Crippen molar-refractivity contribution in [1.82, 2.24) is 14.8 Å². The van der Waals surface area contributed by atoms with Crippen molar-refractivity contribution in [3.8, 4) is 0 Å². The molecule has 0 aliphatic heterocycles. The summed E-state index contributed by atoms with van der Waals surface area (Å²) in [5.74, 6) is -0.212. The summed E-state index contributed by atoms with van der Waals surface area (Å²) in [6, 6.07) is 6.72. The quantitative estimate of drug-likeness (QED) is 0.833. The maximum absolute atomic E-state index is 12.7. The van der Waals surface area contributed by atoms with Crippen LogP contribution in [0.25, 0.3) is 0 Å². The Hall–Kier alpha value is -1.49. The predicted molar refractivity (Wildman–Crippen MR) is 62.2 cm³/mol. The smallest absolute Gasteiger partial charge is 0.195 e. The molecule has 0 saturated heterocycles. The van der Waals surface area contributed by atoms with Crippen LogP contribution in [0.1, 0.15) is 18.5 Å². The highest BCUT2D eigenvalue weighted by Gasteiger charge is 2.07. The number of hydrogen-bond donors (Lipinski definition) is 1. The minimum absolute atomic E-state index is 0.205. The lowest BCUT2D eigenvalue weighted by molar-refractivity contribution is 0.536. The minimum atomic E-state index is -0.212. The van der Waals surface area contributed by atoms with Crippen molar-refractivity contribution < 1.29 is 4.39 Å². The van der Waals surface area contributed by atoms with Crippen LogP contribution in [0.5, 0.6) is 0 Å². The Balaban J connectivity index is 2.14. The first-order valence-electron chi connectivity index (χ1n) is 5.03. The lowest BCUT2D eigenvalue weighted by Crippen LogP contribution is -2.07. The first-order chi connectivity index (χ1) is 7.66. The summed E-state index contributed by atoms with van der Waals surface area (Å²) in [4.78, 5) is 0. The Labute approximate surface area is 97.9 Å². The largest absolute Gasteiger partial charge is 0.304 e. The summed E-state index contributed by atoms with van der Waals surface area (Å²) in [7, 11) is 0. The molecule has 0 spiro atoms. The highest BCUT2D eigenvalue weighted by atomic mass is 32.1. The van der Waals surface area contributed by atoms with Gasteiger partial charge in [0, 0.05) is 6.04 Å². The van der Waals surface area contributed by atoms with Crippen LogP contribution in [-0.4, -0.2) is 14.8 Å². The zero-order valence-electron chi connectivity index (χ0n) is 8.85. The number of nitrogens with one attached hydrogen (secondary N) is 1. The molecule has 0 radical (unpaired) electrons. The second-order valence-electron chi connectivity index (χ2n) is 3.75. The number of benzene rings is 1. The standard InChI is InChI=1S/C11H12FN3S/c1-8(15-7-13-14-11(15)16)6-9-2-4-10(12)5-3-9/h2-5,7-8H,6H2,1H3,(H,14,16). The molecule has 1 unspecified atom stereocenters. The van der Waals surface area contributed by atoms with Crippen LogP contribution in [0.15, 0.2) is 30.6 Å². The molecule has 0 amide bonds. The molecule has 3 nitrogen and oxygen atoms in total. The summed E-state index contributed by atoms with van der Waals surface area (Å²) < 4.78 is 15.2. The van der Waals surface area contributed by atoms with Crippen molar-refractivity contribution in [2.24, 2.45) is 0 Å². The van der Waals surface area contributed by atoms with Crippen LogP contribution in [0.2, 0.25) is 0 Å². The van der Waals surface area contributed by atoms with Crippen LogP contribution in [0.3, 0.4) is 0 Å². The third-order valence-corrected chi connectivity index (χ3v) is 2.80. The fourth-order valence-electron chi connectivity index (χ4n) is 1.63. The van der Waals surface area contributed by atoms with Gasteiger partial charge in [0.05, 0.1) is 0 Å². The van der Waals surface area contributed by atoms with Gasteiger partial charge in [-0.25, -0.2) is 4.39 Å². The highest BCUT2D eigenvalue weighted by molar-refractivity contribution is 7.71. The maximum Gasteiger partial charge on any atom is 0.195 e. The van der Waals surface area contributed by atoms with Gasteiger partial charge in [-0.3, -0.25) is 5.10 Å². The van der Waals surface area contributed by atoms with Crippen molar-refractivity contribution in [3.05, 3.63) is 46.7 Å². The van der Waals surface area contributed by atoms with Gasteiger partial charge in [0.1, 0.15) is 12.1 Å². The average molecular weight is 237 g/mol. The van der Waals surface area contributed by atoms with Crippen molar-refractivity contribution in [2.45, 2.75) is 19.4 Å². The molecule has 0 saturated carbocycles. The van der Waals surface area contributed by atoms with Crippen molar-refractivity contribution in [1.29, 1.82) is 0 Å². The molecule has 1 N–H and O–H groups in total. The summed E-state index contributed by atoms with van der Waals surface area (Å²) in [5.41, 5.74) is 1.08. The molecule has 0 bridgehead atoms. The van der Waals surface area contributed by atoms with E-state index in [4.69, 9.17) is 12.2 Å². The Morgan fingerprint density at radius 1 is 1.44 bits per heavy atom. The van der Waals surface area contributed by atoms with Gasteiger partial charge in [-0.15, -0.1) is 0 Å². The van der Waals surface area contributed by atoms with Crippen LogP contribution in [0.4, 0.5) is 4.39 Å². The topological polar surface area (TPSA) is 33.6 Å². The fourth-order valence-corrected chi connectivity index (χ4v) is 1.91. The van der Waals surface area contributed by atoms with E-state index in [0.29, 0.717) is 4.77 Å². The lowest BCUT2D eigenvalue weighted by Gasteiger charge is -2.12. The Morgan fingerprint density at radius 3 is 2.69 bits per heavy atom. The molecule has 1 atom stereocenters. The van der Waals surface area contributed by atoms with E-state index < -0.39 is 0 Å². The maximum atomic E-state index is 12.7. The van der Waals surface area contributed by atoms with Crippen molar-refractivity contribution >= 4 is 12.2 Å². The first-order valence-corrected chi connectivity index (χ1v) is 5.43. The molecule has 0 fully saturated rings. The van der Waals surface area contributed by atoms with Crippen molar-refractivity contribution in [3.63, 3.8) is 0 Å².